The maximum atomic E-state index is 13.7. The predicted molar refractivity (Wildman–Crippen MR) is 161 cm³/mol. The summed E-state index contributed by atoms with van der Waals surface area (Å²) in [6.07, 6.45) is 0.464. The molecule has 0 aromatic heterocycles. The van der Waals surface area contributed by atoms with Crippen molar-refractivity contribution in [2.45, 2.75) is 65.1 Å². The SMILES string of the molecule is CC(C)c1c(Br)cc2c(c1Br)C(=O)/C(=C1\Nc3cc(Br)c(C(C)(C)OCCC(C)(C)O)c(Br)c3C1=O)N2. The molecule has 198 valence electrons. The first-order valence-electron chi connectivity index (χ1n) is 11.8. The molecule has 2 heterocycles. The van der Waals surface area contributed by atoms with Gasteiger partial charge in [-0.25, -0.2) is 0 Å². The lowest BCUT2D eigenvalue weighted by atomic mass is 9.94. The van der Waals surface area contributed by atoms with Gasteiger partial charge in [0.25, 0.3) is 0 Å². The van der Waals surface area contributed by atoms with Gasteiger partial charge in [-0.1, -0.05) is 45.7 Å². The summed E-state index contributed by atoms with van der Waals surface area (Å²) in [6, 6.07) is 3.71. The first-order valence-corrected chi connectivity index (χ1v) is 15.0. The van der Waals surface area contributed by atoms with Gasteiger partial charge in [0.2, 0.25) is 11.6 Å². The van der Waals surface area contributed by atoms with Crippen LogP contribution in [0, 0.1) is 0 Å². The van der Waals surface area contributed by atoms with Crippen molar-refractivity contribution in [2.24, 2.45) is 0 Å². The summed E-state index contributed by atoms with van der Waals surface area (Å²) in [4.78, 5) is 27.3. The number of rotatable bonds is 6. The van der Waals surface area contributed by atoms with Gasteiger partial charge in [0.05, 0.1) is 40.3 Å². The van der Waals surface area contributed by atoms with E-state index in [4.69, 9.17) is 4.74 Å². The third-order valence-corrected chi connectivity index (χ3v) is 9.40. The smallest absolute Gasteiger partial charge is 0.214 e. The molecule has 3 N–H and O–H groups in total. The average Bonchev–Trinajstić information content (AvgIpc) is 3.22. The van der Waals surface area contributed by atoms with Crippen LogP contribution < -0.4 is 10.6 Å². The number of hydrogen-bond acceptors (Lipinski definition) is 6. The van der Waals surface area contributed by atoms with Crippen LogP contribution in [0.3, 0.4) is 0 Å². The Hall–Kier alpha value is -1.04. The van der Waals surface area contributed by atoms with Gasteiger partial charge in [0, 0.05) is 23.5 Å². The maximum absolute atomic E-state index is 13.7. The van der Waals surface area contributed by atoms with E-state index in [1.807, 2.05) is 26.0 Å². The number of ether oxygens (including phenoxy) is 1. The van der Waals surface area contributed by atoms with Crippen LogP contribution in [0.25, 0.3) is 0 Å². The Balaban J connectivity index is 1.73. The number of Topliss-reactive ketones (excluding diaryl/α,β-unsaturated/α-hetero) is 2. The summed E-state index contributed by atoms with van der Waals surface area (Å²) in [6.45, 7) is 11.8. The fourth-order valence-corrected chi connectivity index (χ4v) is 9.06. The highest BCUT2D eigenvalue weighted by Gasteiger charge is 2.40. The zero-order valence-electron chi connectivity index (χ0n) is 21.3. The fourth-order valence-electron chi connectivity index (χ4n) is 4.59. The number of halogens is 4. The molecule has 2 aromatic rings. The second-order valence-electron chi connectivity index (χ2n) is 10.7. The van der Waals surface area contributed by atoms with Gasteiger partial charge < -0.3 is 20.5 Å². The second kappa shape index (κ2) is 10.2. The summed E-state index contributed by atoms with van der Waals surface area (Å²) in [7, 11) is 0. The van der Waals surface area contributed by atoms with Crippen molar-refractivity contribution in [3.05, 3.63) is 63.7 Å². The first kappa shape index (κ1) is 29.0. The largest absolute Gasteiger partial charge is 0.390 e. The molecule has 37 heavy (non-hydrogen) atoms. The van der Waals surface area contributed by atoms with Crippen LogP contribution in [0.5, 0.6) is 0 Å². The molecule has 2 aliphatic rings. The third-order valence-electron chi connectivity index (χ3n) is 6.51. The van der Waals surface area contributed by atoms with Crippen molar-refractivity contribution in [1.29, 1.82) is 0 Å². The zero-order valence-corrected chi connectivity index (χ0v) is 27.7. The van der Waals surface area contributed by atoms with E-state index in [1.54, 1.807) is 13.8 Å². The van der Waals surface area contributed by atoms with Crippen LogP contribution in [-0.4, -0.2) is 28.9 Å². The number of allylic oxidation sites excluding steroid dienone is 2. The molecule has 2 aromatic carbocycles. The van der Waals surface area contributed by atoms with E-state index in [2.05, 4.69) is 88.2 Å². The highest BCUT2D eigenvalue weighted by atomic mass is 79.9. The van der Waals surface area contributed by atoms with E-state index in [0.717, 1.165) is 24.5 Å². The molecular weight excluding hydrogens is 736 g/mol. The van der Waals surface area contributed by atoms with Gasteiger partial charge in [0.15, 0.2) is 0 Å². The highest BCUT2D eigenvalue weighted by Crippen LogP contribution is 2.48. The van der Waals surface area contributed by atoms with E-state index in [9.17, 15) is 14.7 Å². The molecule has 0 atom stereocenters. The normalized spacial score (nSPS) is 17.3. The quantitative estimate of drug-likeness (QED) is 0.257. The first-order chi connectivity index (χ1) is 17.0. The number of hydrogen-bond donors (Lipinski definition) is 3. The van der Waals surface area contributed by atoms with Gasteiger partial charge in [0.1, 0.15) is 11.4 Å². The van der Waals surface area contributed by atoms with Crippen molar-refractivity contribution in [3.63, 3.8) is 0 Å². The minimum Gasteiger partial charge on any atom is -0.390 e. The van der Waals surface area contributed by atoms with Gasteiger partial charge in [-0.05, 0) is 89.6 Å². The number of carbonyl (C=O) groups is 2. The highest BCUT2D eigenvalue weighted by molar-refractivity contribution is 9.11. The van der Waals surface area contributed by atoms with Gasteiger partial charge >= 0.3 is 0 Å². The second-order valence-corrected chi connectivity index (χ2v) is 14.0. The molecule has 0 unspecified atom stereocenters. The van der Waals surface area contributed by atoms with E-state index < -0.39 is 11.2 Å². The van der Waals surface area contributed by atoms with Crippen molar-refractivity contribution < 1.29 is 19.4 Å². The minimum absolute atomic E-state index is 0.190. The number of fused-ring (bicyclic) bond motifs is 2. The van der Waals surface area contributed by atoms with Crippen molar-refractivity contribution >= 4 is 86.7 Å². The summed E-state index contributed by atoms with van der Waals surface area (Å²) in [5, 5.41) is 16.4. The Morgan fingerprint density at radius 3 is 1.84 bits per heavy atom. The summed E-state index contributed by atoms with van der Waals surface area (Å²) >= 11 is 14.5. The summed E-state index contributed by atoms with van der Waals surface area (Å²) in [5.74, 6) is -0.341. The van der Waals surface area contributed by atoms with Crippen LogP contribution in [0.1, 0.15) is 85.7 Å². The molecule has 0 fully saturated rings. The monoisotopic (exact) mass is 760 g/mol. The lowest BCUT2D eigenvalue weighted by molar-refractivity contribution is -0.0501. The minimum atomic E-state index is -0.845. The van der Waals surface area contributed by atoms with E-state index in [0.29, 0.717) is 40.0 Å². The zero-order chi connectivity index (χ0) is 27.6. The van der Waals surface area contributed by atoms with E-state index in [1.165, 1.54) is 0 Å². The number of carbonyl (C=O) groups excluding carboxylic acids is 2. The standard InChI is InChI=1S/C27H28Br4N2O4/c1-11(2)16-12(28)9-14-17(20(16)30)24(34)22(32-14)23-25(35)18-15(33-23)10-13(29)19(21(18)31)27(5,6)37-8-7-26(3,4)36/h9-11,32-33,36H,7-8H2,1-6H3/b23-22+. The molecule has 0 saturated carbocycles. The van der Waals surface area contributed by atoms with Crippen LogP contribution in [-0.2, 0) is 10.3 Å². The number of benzene rings is 2. The fraction of sp³-hybridized carbons (Fsp3) is 0.407. The predicted octanol–water partition coefficient (Wildman–Crippen LogP) is 8.40. The molecule has 0 bridgehead atoms. The van der Waals surface area contributed by atoms with E-state index >= 15 is 0 Å². The van der Waals surface area contributed by atoms with Crippen molar-refractivity contribution in [2.75, 3.05) is 17.2 Å². The Morgan fingerprint density at radius 1 is 0.865 bits per heavy atom. The van der Waals surface area contributed by atoms with Crippen LogP contribution >= 0.6 is 63.7 Å². The Morgan fingerprint density at radius 2 is 1.35 bits per heavy atom. The lowest BCUT2D eigenvalue weighted by Crippen LogP contribution is -2.28. The number of ketones is 2. The molecule has 0 spiro atoms. The average molecular weight is 764 g/mol. The number of nitrogens with one attached hydrogen (secondary N) is 2. The topological polar surface area (TPSA) is 87.7 Å². The molecule has 4 rings (SSSR count). The molecule has 2 aliphatic heterocycles. The number of aliphatic hydroxyl groups is 1. The summed E-state index contributed by atoms with van der Waals surface area (Å²) in [5.41, 5.74) is 2.77. The molecule has 0 aliphatic carbocycles. The maximum Gasteiger partial charge on any atom is 0.214 e. The van der Waals surface area contributed by atoms with Gasteiger partial charge in [-0.15, -0.1) is 0 Å². The number of anilines is 2. The molecule has 6 nitrogen and oxygen atoms in total. The molecule has 0 saturated heterocycles. The van der Waals surface area contributed by atoms with E-state index in [-0.39, 0.29) is 28.9 Å². The van der Waals surface area contributed by atoms with Gasteiger partial charge in [-0.3, -0.25) is 9.59 Å². The summed E-state index contributed by atoms with van der Waals surface area (Å²) < 4.78 is 9.10. The molecular formula is C27H28Br4N2O4. The van der Waals surface area contributed by atoms with Crippen LogP contribution in [0.2, 0.25) is 0 Å². The molecule has 0 radical (unpaired) electrons. The van der Waals surface area contributed by atoms with Crippen molar-refractivity contribution in [3.8, 4) is 0 Å². The molecule has 10 heteroatoms. The Labute approximate surface area is 250 Å². The third kappa shape index (κ3) is 5.26. The van der Waals surface area contributed by atoms with Crippen LogP contribution in [0.15, 0.2) is 41.4 Å². The van der Waals surface area contributed by atoms with Crippen LogP contribution in [0.4, 0.5) is 11.4 Å². The lowest BCUT2D eigenvalue weighted by Gasteiger charge is -2.30. The van der Waals surface area contributed by atoms with Gasteiger partial charge in [-0.2, -0.15) is 0 Å². The van der Waals surface area contributed by atoms with Crippen molar-refractivity contribution in [1.82, 2.24) is 0 Å². The molecule has 0 amide bonds. The Bertz CT molecular complexity index is 1370. The Kier molecular flexibility index (Phi) is 7.96.